The normalized spacial score (nSPS) is 11.9. The van der Waals surface area contributed by atoms with Crippen LogP contribution < -0.4 is 14.2 Å². The molecule has 5 nitrogen and oxygen atoms in total. The van der Waals surface area contributed by atoms with Gasteiger partial charge in [0, 0.05) is 17.4 Å². The number of rotatable bonds is 8. The summed E-state index contributed by atoms with van der Waals surface area (Å²) in [6, 6.07) is 10.5. The highest BCUT2D eigenvalue weighted by Gasteiger charge is 2.31. The Kier molecular flexibility index (Phi) is 7.91. The first kappa shape index (κ1) is 25.9. The molecule has 33 heavy (non-hydrogen) atoms. The second kappa shape index (κ2) is 10.1. The lowest BCUT2D eigenvalue weighted by atomic mass is 9.90. The molecule has 0 bridgehead atoms. The smallest absolute Gasteiger partial charge is 0.493 e. The first-order valence-corrected chi connectivity index (χ1v) is 10.2. The Bertz CT molecular complexity index is 1030. The van der Waals surface area contributed by atoms with Gasteiger partial charge in [-0.3, -0.25) is 0 Å². The van der Waals surface area contributed by atoms with Gasteiger partial charge in [-0.25, -0.2) is 4.79 Å². The van der Waals surface area contributed by atoms with Crippen LogP contribution in [-0.4, -0.2) is 29.6 Å². The van der Waals surface area contributed by atoms with Crippen LogP contribution in [0.5, 0.6) is 17.2 Å². The third-order valence-corrected chi connectivity index (χ3v) is 4.54. The molecule has 0 atom stereocenters. The van der Waals surface area contributed by atoms with Crippen LogP contribution in [-0.2, 0) is 4.79 Å². The van der Waals surface area contributed by atoms with E-state index in [0.29, 0.717) is 30.1 Å². The van der Waals surface area contributed by atoms with Gasteiger partial charge in [0.15, 0.2) is 5.60 Å². The third kappa shape index (κ3) is 8.60. The molecule has 0 fully saturated rings. The van der Waals surface area contributed by atoms with Crippen LogP contribution in [0.2, 0.25) is 0 Å². The summed E-state index contributed by atoms with van der Waals surface area (Å²) < 4.78 is 52.0. The van der Waals surface area contributed by atoms with Gasteiger partial charge in [-0.1, -0.05) is 25.7 Å². The first-order chi connectivity index (χ1) is 15.2. The fourth-order valence-electron chi connectivity index (χ4n) is 2.60. The van der Waals surface area contributed by atoms with Gasteiger partial charge in [0.2, 0.25) is 0 Å². The molecule has 0 amide bonds. The summed E-state index contributed by atoms with van der Waals surface area (Å²) in [5, 5.41) is 9.21. The van der Waals surface area contributed by atoms with Crippen LogP contribution in [0.3, 0.4) is 0 Å². The number of aliphatic carboxylic acids is 1. The highest BCUT2D eigenvalue weighted by Crippen LogP contribution is 2.29. The molecule has 2 aromatic rings. The van der Waals surface area contributed by atoms with E-state index in [2.05, 4.69) is 16.6 Å². The van der Waals surface area contributed by atoms with E-state index in [-0.39, 0.29) is 11.2 Å². The number of carboxylic acids is 1. The van der Waals surface area contributed by atoms with Crippen molar-refractivity contribution < 1.29 is 37.3 Å². The minimum atomic E-state index is -4.72. The second-order valence-electron chi connectivity index (χ2n) is 8.85. The Morgan fingerprint density at radius 2 is 1.58 bits per heavy atom. The Morgan fingerprint density at radius 1 is 0.970 bits per heavy atom. The largest absolute Gasteiger partial charge is 0.573 e. The zero-order valence-electron chi connectivity index (χ0n) is 19.2. The minimum Gasteiger partial charge on any atom is -0.493 e. The van der Waals surface area contributed by atoms with Crippen molar-refractivity contribution in [1.29, 1.82) is 0 Å². The molecule has 0 aromatic heterocycles. The number of benzene rings is 2. The monoisotopic (exact) mass is 464 g/mol. The number of hydrogen-bond acceptors (Lipinski definition) is 4. The van der Waals surface area contributed by atoms with E-state index in [1.807, 2.05) is 20.8 Å². The zero-order chi connectivity index (χ0) is 24.9. The maximum atomic E-state index is 12.2. The van der Waals surface area contributed by atoms with Crippen molar-refractivity contribution in [2.45, 2.75) is 53.0 Å². The van der Waals surface area contributed by atoms with Gasteiger partial charge in [-0.05, 0) is 68.8 Å². The van der Waals surface area contributed by atoms with Crippen LogP contribution in [0.4, 0.5) is 13.2 Å². The van der Waals surface area contributed by atoms with Gasteiger partial charge >= 0.3 is 12.3 Å². The summed E-state index contributed by atoms with van der Waals surface area (Å²) in [7, 11) is 0. The van der Waals surface area contributed by atoms with Crippen LogP contribution in [0.15, 0.2) is 42.5 Å². The molecule has 0 radical (unpaired) electrons. The molecule has 0 aliphatic heterocycles. The Balaban J connectivity index is 1.93. The molecule has 1 N–H and O–H groups in total. The zero-order valence-corrected chi connectivity index (χ0v) is 19.2. The van der Waals surface area contributed by atoms with Gasteiger partial charge in [0.1, 0.15) is 17.2 Å². The SMILES string of the molecule is Cc1cc(OCC(C)(C)CC#Cc2ccc(OC(F)(F)F)cc2)ccc1OC(C)(C)C(=O)O. The van der Waals surface area contributed by atoms with Crippen molar-refractivity contribution in [2.75, 3.05) is 6.61 Å². The topological polar surface area (TPSA) is 65.0 Å². The number of ether oxygens (including phenoxy) is 3. The van der Waals surface area contributed by atoms with Crippen LogP contribution in [0.25, 0.3) is 0 Å². The van der Waals surface area contributed by atoms with Crippen LogP contribution >= 0.6 is 0 Å². The Hall–Kier alpha value is -3.34. The summed E-state index contributed by atoms with van der Waals surface area (Å²) in [5.74, 6) is 5.70. The summed E-state index contributed by atoms with van der Waals surface area (Å²) in [6.07, 6.45) is -4.22. The molecule has 178 valence electrons. The highest BCUT2D eigenvalue weighted by atomic mass is 19.4. The van der Waals surface area contributed by atoms with E-state index in [9.17, 15) is 23.1 Å². The number of halogens is 3. The third-order valence-electron chi connectivity index (χ3n) is 4.54. The van der Waals surface area contributed by atoms with E-state index in [4.69, 9.17) is 9.47 Å². The predicted octanol–water partition coefficient (Wildman–Crippen LogP) is 5.98. The van der Waals surface area contributed by atoms with Crippen LogP contribution in [0.1, 0.15) is 45.2 Å². The van der Waals surface area contributed by atoms with Gasteiger partial charge in [-0.2, -0.15) is 0 Å². The van der Waals surface area contributed by atoms with E-state index >= 15 is 0 Å². The van der Waals surface area contributed by atoms with E-state index in [1.165, 1.54) is 38.1 Å². The lowest BCUT2D eigenvalue weighted by Crippen LogP contribution is -2.38. The molecule has 0 heterocycles. The Morgan fingerprint density at radius 3 is 2.12 bits per heavy atom. The summed E-state index contributed by atoms with van der Waals surface area (Å²) in [6.45, 7) is 9.12. The second-order valence-corrected chi connectivity index (χ2v) is 8.85. The number of alkyl halides is 3. The molecular formula is C25H27F3O5. The number of hydrogen-bond donors (Lipinski definition) is 1. The molecule has 2 aromatic carbocycles. The minimum absolute atomic E-state index is 0.291. The average Bonchev–Trinajstić information content (AvgIpc) is 2.68. The van der Waals surface area contributed by atoms with Crippen LogP contribution in [0, 0.1) is 24.2 Å². The molecule has 0 saturated heterocycles. The molecule has 8 heteroatoms. The number of carbonyl (C=O) groups is 1. The maximum absolute atomic E-state index is 12.2. The quantitative estimate of drug-likeness (QED) is 0.487. The molecule has 0 saturated carbocycles. The molecule has 0 aliphatic carbocycles. The molecule has 2 rings (SSSR count). The highest BCUT2D eigenvalue weighted by molar-refractivity contribution is 5.76. The fourth-order valence-corrected chi connectivity index (χ4v) is 2.60. The molecular weight excluding hydrogens is 437 g/mol. The summed E-state index contributed by atoms with van der Waals surface area (Å²) in [5.41, 5.74) is -0.311. The molecule has 0 spiro atoms. The number of carboxylic acid groups (broad SMARTS) is 1. The van der Waals surface area contributed by atoms with Crippen molar-refractivity contribution in [3.63, 3.8) is 0 Å². The molecule has 0 unspecified atom stereocenters. The fraction of sp³-hybridized carbons (Fsp3) is 0.400. The van der Waals surface area contributed by atoms with Gasteiger partial charge in [0.25, 0.3) is 0 Å². The van der Waals surface area contributed by atoms with Gasteiger partial charge in [0.05, 0.1) is 6.61 Å². The van der Waals surface area contributed by atoms with Crippen molar-refractivity contribution in [3.8, 4) is 29.1 Å². The predicted molar refractivity (Wildman–Crippen MR) is 117 cm³/mol. The average molecular weight is 464 g/mol. The first-order valence-electron chi connectivity index (χ1n) is 10.2. The van der Waals surface area contributed by atoms with E-state index in [1.54, 1.807) is 18.2 Å². The van der Waals surface area contributed by atoms with Gasteiger partial charge < -0.3 is 19.3 Å². The van der Waals surface area contributed by atoms with E-state index in [0.717, 1.165) is 5.56 Å². The van der Waals surface area contributed by atoms with Crippen molar-refractivity contribution >= 4 is 5.97 Å². The lowest BCUT2D eigenvalue weighted by molar-refractivity contribution is -0.274. The van der Waals surface area contributed by atoms with Gasteiger partial charge in [-0.15, -0.1) is 13.2 Å². The standard InChI is InChI=1S/C25H27F3O5/c1-17-15-20(12-13-21(17)33-24(4,5)22(29)30)31-16-23(2,3)14-6-7-18-8-10-19(11-9-18)32-25(26,27)28/h8-13,15H,14,16H2,1-5H3,(H,29,30). The number of aryl methyl sites for hydroxylation is 1. The Labute approximate surface area is 191 Å². The van der Waals surface area contributed by atoms with Crippen molar-refractivity contribution in [3.05, 3.63) is 53.6 Å². The van der Waals surface area contributed by atoms with Crippen molar-refractivity contribution in [2.24, 2.45) is 5.41 Å². The van der Waals surface area contributed by atoms with Crippen molar-refractivity contribution in [1.82, 2.24) is 0 Å². The van der Waals surface area contributed by atoms with E-state index < -0.39 is 17.9 Å². The summed E-state index contributed by atoms with van der Waals surface area (Å²) in [4.78, 5) is 11.3. The molecule has 0 aliphatic rings. The maximum Gasteiger partial charge on any atom is 0.573 e. The lowest BCUT2D eigenvalue weighted by Gasteiger charge is -2.24. The summed E-state index contributed by atoms with van der Waals surface area (Å²) >= 11 is 0.